The molecule has 0 fully saturated rings. The van der Waals surface area contributed by atoms with Crippen molar-refractivity contribution in [3.63, 3.8) is 0 Å². The minimum Gasteiger partial charge on any atom is -0.496 e. The van der Waals surface area contributed by atoms with Crippen LogP contribution in [0.15, 0.2) is 42.2 Å². The minimum atomic E-state index is -1.65. The maximum absolute atomic E-state index is 13.4. The van der Waals surface area contributed by atoms with Crippen molar-refractivity contribution < 1.29 is 23.8 Å². The minimum absolute atomic E-state index is 0.128. The summed E-state index contributed by atoms with van der Waals surface area (Å²) in [7, 11) is 2.90. The Morgan fingerprint density at radius 1 is 1.26 bits per heavy atom. The molecule has 1 aliphatic carbocycles. The SMILES string of the molecule is COc1cc(OC)c2c(c1Cl)O[C@@]1(C(=O)C=C(NCCc3ccccn3)C[C@H]1C)C2=O. The van der Waals surface area contributed by atoms with Gasteiger partial charge in [0.15, 0.2) is 5.75 Å². The molecule has 2 aliphatic rings. The molecule has 1 aromatic heterocycles. The quantitative estimate of drug-likeness (QED) is 0.686. The number of hydrogen-bond donors (Lipinski definition) is 1. The Morgan fingerprint density at radius 3 is 2.68 bits per heavy atom. The summed E-state index contributed by atoms with van der Waals surface area (Å²) in [5, 5.41) is 3.43. The second kappa shape index (κ2) is 8.23. The van der Waals surface area contributed by atoms with Crippen molar-refractivity contribution in [1.29, 1.82) is 0 Å². The zero-order valence-corrected chi connectivity index (χ0v) is 18.3. The molecule has 0 unspecified atom stereocenters. The first kappa shape index (κ1) is 21.2. The van der Waals surface area contributed by atoms with E-state index in [0.29, 0.717) is 18.7 Å². The highest BCUT2D eigenvalue weighted by molar-refractivity contribution is 6.36. The van der Waals surface area contributed by atoms with Crippen LogP contribution in [0.2, 0.25) is 5.02 Å². The monoisotopic (exact) mass is 442 g/mol. The summed E-state index contributed by atoms with van der Waals surface area (Å²) < 4.78 is 16.7. The van der Waals surface area contributed by atoms with E-state index in [4.69, 9.17) is 25.8 Å². The maximum Gasteiger partial charge on any atom is 0.236 e. The molecule has 1 N–H and O–H groups in total. The highest BCUT2D eigenvalue weighted by Gasteiger charge is 2.60. The molecule has 1 aromatic carbocycles. The molecular weight excluding hydrogens is 420 g/mol. The number of ketones is 2. The number of benzene rings is 1. The number of nitrogens with zero attached hydrogens (tertiary/aromatic N) is 1. The van der Waals surface area contributed by atoms with Gasteiger partial charge in [0.05, 0.1) is 14.2 Å². The molecule has 31 heavy (non-hydrogen) atoms. The number of pyridine rings is 1. The number of halogens is 1. The number of carbonyl (C=O) groups excluding carboxylic acids is 2. The summed E-state index contributed by atoms with van der Waals surface area (Å²) in [4.78, 5) is 31.0. The predicted molar refractivity (Wildman–Crippen MR) is 115 cm³/mol. The third kappa shape index (κ3) is 3.43. The van der Waals surface area contributed by atoms with E-state index in [1.54, 1.807) is 6.20 Å². The molecule has 162 valence electrons. The highest BCUT2D eigenvalue weighted by Crippen LogP contribution is 2.52. The summed E-state index contributed by atoms with van der Waals surface area (Å²) in [5.41, 5.74) is 0.246. The Labute approximate surface area is 185 Å². The number of nitrogens with one attached hydrogen (secondary N) is 1. The first-order valence-electron chi connectivity index (χ1n) is 9.99. The molecule has 2 atom stereocenters. The van der Waals surface area contributed by atoms with Crippen LogP contribution < -0.4 is 19.5 Å². The molecule has 2 heterocycles. The number of rotatable bonds is 6. The van der Waals surface area contributed by atoms with Gasteiger partial charge < -0.3 is 19.5 Å². The fourth-order valence-corrected chi connectivity index (χ4v) is 4.41. The zero-order chi connectivity index (χ0) is 22.2. The van der Waals surface area contributed by atoms with Crippen LogP contribution in [0.5, 0.6) is 17.2 Å². The molecule has 0 radical (unpaired) electrons. The van der Waals surface area contributed by atoms with Crippen molar-refractivity contribution >= 4 is 23.2 Å². The lowest BCUT2D eigenvalue weighted by Crippen LogP contribution is -2.55. The van der Waals surface area contributed by atoms with E-state index in [1.165, 1.54) is 26.4 Å². The fourth-order valence-electron chi connectivity index (χ4n) is 4.15. The van der Waals surface area contributed by atoms with Crippen molar-refractivity contribution in [2.45, 2.75) is 25.4 Å². The lowest BCUT2D eigenvalue weighted by molar-refractivity contribution is -0.129. The molecule has 0 saturated carbocycles. The van der Waals surface area contributed by atoms with E-state index < -0.39 is 23.1 Å². The third-order valence-corrected chi connectivity index (χ3v) is 6.13. The number of methoxy groups -OCH3 is 2. The molecule has 0 saturated heterocycles. The van der Waals surface area contributed by atoms with Gasteiger partial charge in [0.25, 0.3) is 0 Å². The second-order valence-electron chi connectivity index (χ2n) is 7.60. The van der Waals surface area contributed by atoms with Crippen molar-refractivity contribution in [3.05, 3.63) is 58.5 Å². The molecular formula is C23H23ClN2O5. The van der Waals surface area contributed by atoms with Gasteiger partial charge in [-0.1, -0.05) is 24.6 Å². The first-order valence-corrected chi connectivity index (χ1v) is 10.4. The largest absolute Gasteiger partial charge is 0.496 e. The van der Waals surface area contributed by atoms with Crippen molar-refractivity contribution in [2.24, 2.45) is 5.92 Å². The Balaban J connectivity index is 1.59. The second-order valence-corrected chi connectivity index (χ2v) is 7.98. The van der Waals surface area contributed by atoms with Gasteiger partial charge >= 0.3 is 0 Å². The van der Waals surface area contributed by atoms with E-state index in [1.807, 2.05) is 25.1 Å². The topological polar surface area (TPSA) is 86.8 Å². The Hall–Kier alpha value is -3.06. The number of carbonyl (C=O) groups is 2. The lowest BCUT2D eigenvalue weighted by atomic mass is 9.74. The van der Waals surface area contributed by atoms with E-state index in [9.17, 15) is 9.59 Å². The van der Waals surface area contributed by atoms with Crippen LogP contribution in [0.25, 0.3) is 0 Å². The Bertz CT molecular complexity index is 1070. The van der Waals surface area contributed by atoms with Gasteiger partial charge in [-0.15, -0.1) is 0 Å². The molecule has 7 nitrogen and oxygen atoms in total. The van der Waals surface area contributed by atoms with Gasteiger partial charge in [-0.2, -0.15) is 0 Å². The Kier molecular flexibility index (Phi) is 5.62. The van der Waals surface area contributed by atoms with Gasteiger partial charge in [-0.05, 0) is 18.6 Å². The van der Waals surface area contributed by atoms with Crippen LogP contribution >= 0.6 is 11.6 Å². The standard InChI is InChI=1S/C23H23ClN2O5/c1-13-10-15(26-9-7-14-6-4-5-8-25-14)11-18(27)23(13)22(28)19-16(29-2)12-17(30-3)20(24)21(19)31-23/h4-6,8,11-13,26H,7,9-10H2,1-3H3/t13-,23+/m1/s1. The van der Waals surface area contributed by atoms with Crippen LogP contribution in [-0.2, 0) is 11.2 Å². The third-order valence-electron chi connectivity index (χ3n) is 5.77. The van der Waals surface area contributed by atoms with Crippen LogP contribution in [0.4, 0.5) is 0 Å². The van der Waals surface area contributed by atoms with Crippen LogP contribution in [-0.4, -0.2) is 42.9 Å². The molecule has 0 bridgehead atoms. The maximum atomic E-state index is 13.4. The predicted octanol–water partition coefficient (Wildman–Crippen LogP) is 3.39. The first-order chi connectivity index (χ1) is 14.9. The highest BCUT2D eigenvalue weighted by atomic mass is 35.5. The molecule has 0 amide bonds. The molecule has 4 rings (SSSR count). The van der Waals surface area contributed by atoms with E-state index in [0.717, 1.165) is 17.8 Å². The van der Waals surface area contributed by atoms with E-state index in [-0.39, 0.29) is 22.1 Å². The van der Waals surface area contributed by atoms with Gasteiger partial charge in [0, 0.05) is 48.6 Å². The van der Waals surface area contributed by atoms with Crippen molar-refractivity contribution in [2.75, 3.05) is 20.8 Å². The number of allylic oxidation sites excluding steroid dienone is 1. The molecule has 1 aliphatic heterocycles. The van der Waals surface area contributed by atoms with Gasteiger partial charge in [-0.3, -0.25) is 14.6 Å². The van der Waals surface area contributed by atoms with E-state index >= 15 is 0 Å². The molecule has 8 heteroatoms. The summed E-state index contributed by atoms with van der Waals surface area (Å²) in [6.07, 6.45) is 4.41. The molecule has 2 aromatic rings. The average molecular weight is 443 g/mol. The average Bonchev–Trinajstić information content (AvgIpc) is 3.08. The van der Waals surface area contributed by atoms with Gasteiger partial charge in [-0.25, -0.2) is 0 Å². The Morgan fingerprint density at radius 2 is 2.03 bits per heavy atom. The van der Waals surface area contributed by atoms with Gasteiger partial charge in [0.1, 0.15) is 22.1 Å². The summed E-state index contributed by atoms with van der Waals surface area (Å²) >= 11 is 6.40. The van der Waals surface area contributed by atoms with Crippen LogP contribution in [0, 0.1) is 5.92 Å². The number of ether oxygens (including phenoxy) is 3. The lowest BCUT2D eigenvalue weighted by Gasteiger charge is -2.35. The van der Waals surface area contributed by atoms with E-state index in [2.05, 4.69) is 10.3 Å². The fraction of sp³-hybridized carbons (Fsp3) is 0.348. The van der Waals surface area contributed by atoms with Gasteiger partial charge in [0.2, 0.25) is 17.2 Å². The van der Waals surface area contributed by atoms with Crippen LogP contribution in [0.3, 0.4) is 0 Å². The number of hydrogen-bond acceptors (Lipinski definition) is 7. The number of aromatic nitrogens is 1. The number of fused-ring (bicyclic) bond motifs is 1. The number of Topliss-reactive ketones (excluding diaryl/α,β-unsaturated/α-hetero) is 1. The normalized spacial score (nSPS) is 22.1. The summed E-state index contributed by atoms with van der Waals surface area (Å²) in [6.45, 7) is 2.45. The van der Waals surface area contributed by atoms with Crippen LogP contribution in [0.1, 0.15) is 29.4 Å². The summed E-state index contributed by atoms with van der Waals surface area (Å²) in [6, 6.07) is 7.29. The zero-order valence-electron chi connectivity index (χ0n) is 17.5. The molecule has 1 spiro atoms. The summed E-state index contributed by atoms with van der Waals surface area (Å²) in [5.74, 6) is -0.557. The van der Waals surface area contributed by atoms with Crippen molar-refractivity contribution in [3.8, 4) is 17.2 Å². The van der Waals surface area contributed by atoms with Crippen molar-refractivity contribution in [1.82, 2.24) is 10.3 Å². The smallest absolute Gasteiger partial charge is 0.236 e.